The van der Waals surface area contributed by atoms with E-state index in [0.29, 0.717) is 0 Å². The van der Waals surface area contributed by atoms with E-state index in [-0.39, 0.29) is 19.8 Å². The van der Waals surface area contributed by atoms with Crippen molar-refractivity contribution in [2.75, 3.05) is 26.4 Å². The Bertz CT molecular complexity index is 415. The van der Waals surface area contributed by atoms with E-state index in [1.165, 1.54) is 6.08 Å². The second-order valence-corrected chi connectivity index (χ2v) is 4.48. The van der Waals surface area contributed by atoms with E-state index in [1.807, 2.05) is 0 Å². The number of amides is 2. The molecule has 3 N–H and O–H groups in total. The van der Waals surface area contributed by atoms with Crippen LogP contribution < -0.4 is 0 Å². The van der Waals surface area contributed by atoms with Crippen molar-refractivity contribution in [2.24, 2.45) is 0 Å². The number of aliphatic hydroxyl groups is 3. The fraction of sp³-hybridized carbons (Fsp3) is 0.692. The van der Waals surface area contributed by atoms with Crippen molar-refractivity contribution >= 4 is 12.2 Å². The molecule has 1 aliphatic heterocycles. The van der Waals surface area contributed by atoms with Crippen LogP contribution in [0.2, 0.25) is 0 Å². The first-order valence-electron chi connectivity index (χ1n) is 7.01. The van der Waals surface area contributed by atoms with E-state index in [9.17, 15) is 19.8 Å². The largest absolute Gasteiger partial charge is 0.448 e. The Labute approximate surface area is 128 Å². The first-order valence-corrected chi connectivity index (χ1v) is 7.01. The zero-order chi connectivity index (χ0) is 16.7. The molecule has 1 heterocycles. The van der Waals surface area contributed by atoms with Gasteiger partial charge in [0.05, 0.1) is 26.4 Å². The van der Waals surface area contributed by atoms with E-state index in [2.05, 4.69) is 0 Å². The van der Waals surface area contributed by atoms with Crippen molar-refractivity contribution in [3.63, 3.8) is 0 Å². The lowest BCUT2D eigenvalue weighted by atomic mass is 10.0. The van der Waals surface area contributed by atoms with Gasteiger partial charge in [0.1, 0.15) is 18.2 Å². The summed E-state index contributed by atoms with van der Waals surface area (Å²) < 4.78 is 9.75. The standard InChI is InChI=1S/C13H22N2O7/c1-3-21-12(19)14-7-5-6-9(11(18)10(17)8-16)15(14)13(20)22-4-2/h5-6,9-11,16-18H,3-4,7-8H2,1-2H3/t9-,10+,11-/m0/s1. The van der Waals surface area contributed by atoms with Crippen LogP contribution in [-0.2, 0) is 9.47 Å². The molecule has 1 aliphatic rings. The van der Waals surface area contributed by atoms with E-state index in [0.717, 1.165) is 10.0 Å². The molecule has 9 nitrogen and oxygen atoms in total. The van der Waals surface area contributed by atoms with E-state index in [4.69, 9.17) is 14.6 Å². The van der Waals surface area contributed by atoms with Gasteiger partial charge in [-0.05, 0) is 13.8 Å². The Morgan fingerprint density at radius 1 is 1.23 bits per heavy atom. The first-order chi connectivity index (χ1) is 10.5. The number of hydrogen-bond donors (Lipinski definition) is 3. The number of hydrogen-bond acceptors (Lipinski definition) is 7. The van der Waals surface area contributed by atoms with Gasteiger partial charge < -0.3 is 24.8 Å². The maximum absolute atomic E-state index is 12.1. The molecule has 0 aromatic rings. The van der Waals surface area contributed by atoms with Crippen molar-refractivity contribution in [3.8, 4) is 0 Å². The zero-order valence-electron chi connectivity index (χ0n) is 12.6. The predicted octanol–water partition coefficient (Wildman–Crippen LogP) is -0.529. The Kier molecular flexibility index (Phi) is 7.09. The monoisotopic (exact) mass is 318 g/mol. The Balaban J connectivity index is 3.07. The van der Waals surface area contributed by atoms with Crippen LogP contribution in [-0.4, -0.2) is 82.1 Å². The van der Waals surface area contributed by atoms with E-state index >= 15 is 0 Å². The highest BCUT2D eigenvalue weighted by Gasteiger charge is 2.40. The van der Waals surface area contributed by atoms with Gasteiger partial charge >= 0.3 is 12.2 Å². The molecule has 0 radical (unpaired) electrons. The Morgan fingerprint density at radius 3 is 2.36 bits per heavy atom. The van der Waals surface area contributed by atoms with Crippen LogP contribution in [0.5, 0.6) is 0 Å². The summed E-state index contributed by atoms with van der Waals surface area (Å²) in [5, 5.41) is 30.5. The normalized spacial score (nSPS) is 20.5. The minimum Gasteiger partial charge on any atom is -0.448 e. The molecule has 0 bridgehead atoms. The highest BCUT2D eigenvalue weighted by Crippen LogP contribution is 2.20. The van der Waals surface area contributed by atoms with Crippen LogP contribution in [0.15, 0.2) is 12.2 Å². The molecule has 0 fully saturated rings. The lowest BCUT2D eigenvalue weighted by molar-refractivity contribution is -0.0957. The van der Waals surface area contributed by atoms with Crippen molar-refractivity contribution < 1.29 is 34.4 Å². The molecule has 0 aromatic heterocycles. The lowest BCUT2D eigenvalue weighted by Crippen LogP contribution is -2.61. The third-order valence-corrected chi connectivity index (χ3v) is 3.02. The molecular formula is C13H22N2O7. The van der Waals surface area contributed by atoms with Crippen LogP contribution in [0.1, 0.15) is 13.8 Å². The van der Waals surface area contributed by atoms with E-state index < -0.39 is 37.0 Å². The van der Waals surface area contributed by atoms with Crippen LogP contribution >= 0.6 is 0 Å². The summed E-state index contributed by atoms with van der Waals surface area (Å²) in [5.41, 5.74) is 0. The SMILES string of the molecule is CCOC(=O)N1CC=C[C@@H]([C@H](O)[C@H](O)CO)N1C(=O)OCC. The number of carbonyl (C=O) groups is 2. The molecule has 0 spiro atoms. The molecule has 9 heteroatoms. The van der Waals surface area contributed by atoms with Gasteiger partial charge in [-0.25, -0.2) is 19.6 Å². The maximum atomic E-state index is 12.1. The van der Waals surface area contributed by atoms with Crippen LogP contribution in [0.25, 0.3) is 0 Å². The lowest BCUT2D eigenvalue weighted by Gasteiger charge is -2.41. The van der Waals surface area contributed by atoms with Crippen LogP contribution in [0.4, 0.5) is 9.59 Å². The molecule has 2 amide bonds. The summed E-state index contributed by atoms with van der Waals surface area (Å²) in [4.78, 5) is 24.1. The van der Waals surface area contributed by atoms with Gasteiger partial charge in [0, 0.05) is 0 Å². The molecule has 0 unspecified atom stereocenters. The molecule has 0 saturated carbocycles. The molecule has 126 valence electrons. The minimum atomic E-state index is -1.50. The quantitative estimate of drug-likeness (QED) is 0.583. The third kappa shape index (κ3) is 4.09. The number of hydrazine groups is 1. The molecular weight excluding hydrogens is 296 g/mol. The highest BCUT2D eigenvalue weighted by molar-refractivity contribution is 5.75. The summed E-state index contributed by atoms with van der Waals surface area (Å²) in [6.45, 7) is 2.76. The summed E-state index contributed by atoms with van der Waals surface area (Å²) in [6.07, 6.45) is -1.62. The smallest absolute Gasteiger partial charge is 0.429 e. The van der Waals surface area contributed by atoms with Gasteiger partial charge in [-0.2, -0.15) is 0 Å². The summed E-state index contributed by atoms with van der Waals surface area (Å²) in [7, 11) is 0. The second kappa shape index (κ2) is 8.57. The topological polar surface area (TPSA) is 120 Å². The van der Waals surface area contributed by atoms with Crippen LogP contribution in [0.3, 0.4) is 0 Å². The zero-order valence-corrected chi connectivity index (χ0v) is 12.6. The number of rotatable bonds is 5. The fourth-order valence-electron chi connectivity index (χ4n) is 2.00. The number of ether oxygens (including phenoxy) is 2. The molecule has 1 rings (SSSR count). The Morgan fingerprint density at radius 2 is 1.82 bits per heavy atom. The van der Waals surface area contributed by atoms with Gasteiger partial charge in [-0.1, -0.05) is 12.2 Å². The molecule has 0 aromatic carbocycles. The molecule has 0 aliphatic carbocycles. The minimum absolute atomic E-state index is 0.0517. The fourth-order valence-corrected chi connectivity index (χ4v) is 2.00. The highest BCUT2D eigenvalue weighted by atomic mass is 16.6. The van der Waals surface area contributed by atoms with Gasteiger partial charge in [0.15, 0.2) is 0 Å². The second-order valence-electron chi connectivity index (χ2n) is 4.48. The molecule has 22 heavy (non-hydrogen) atoms. The molecule has 0 saturated heterocycles. The average molecular weight is 318 g/mol. The van der Waals surface area contributed by atoms with Crippen molar-refractivity contribution in [1.29, 1.82) is 0 Å². The maximum Gasteiger partial charge on any atom is 0.429 e. The van der Waals surface area contributed by atoms with Crippen molar-refractivity contribution in [2.45, 2.75) is 32.1 Å². The first kappa shape index (κ1) is 18.2. The van der Waals surface area contributed by atoms with Gasteiger partial charge in [0.25, 0.3) is 0 Å². The summed E-state index contributed by atoms with van der Waals surface area (Å²) in [6, 6.07) is -1.07. The van der Waals surface area contributed by atoms with Crippen LogP contribution in [0, 0.1) is 0 Å². The Hall–Kier alpha value is -1.84. The predicted molar refractivity (Wildman–Crippen MR) is 74.6 cm³/mol. The van der Waals surface area contributed by atoms with Gasteiger partial charge in [-0.3, -0.25) is 0 Å². The van der Waals surface area contributed by atoms with Gasteiger partial charge in [0.2, 0.25) is 0 Å². The summed E-state index contributed by atoms with van der Waals surface area (Å²) in [5.74, 6) is 0. The molecule has 3 atom stereocenters. The number of aliphatic hydroxyl groups excluding tert-OH is 3. The summed E-state index contributed by atoms with van der Waals surface area (Å²) >= 11 is 0. The number of carbonyl (C=O) groups excluding carboxylic acids is 2. The van der Waals surface area contributed by atoms with Crippen molar-refractivity contribution in [3.05, 3.63) is 12.2 Å². The average Bonchev–Trinajstić information content (AvgIpc) is 2.53. The third-order valence-electron chi connectivity index (χ3n) is 3.02. The van der Waals surface area contributed by atoms with Gasteiger partial charge in [-0.15, -0.1) is 0 Å². The van der Waals surface area contributed by atoms with Crippen molar-refractivity contribution in [1.82, 2.24) is 10.0 Å². The van der Waals surface area contributed by atoms with E-state index in [1.54, 1.807) is 19.9 Å². The number of nitrogens with zero attached hydrogens (tertiary/aromatic N) is 2.